The normalized spacial score (nSPS) is 14.9. The summed E-state index contributed by atoms with van der Waals surface area (Å²) in [4.78, 5) is 0. The van der Waals surface area contributed by atoms with Gasteiger partial charge in [-0.25, -0.2) is 0 Å². The van der Waals surface area contributed by atoms with Gasteiger partial charge in [-0.15, -0.1) is 0 Å². The van der Waals surface area contributed by atoms with Crippen molar-refractivity contribution in [3.8, 4) is 0 Å². The van der Waals surface area contributed by atoms with Crippen LogP contribution in [0.5, 0.6) is 0 Å². The largest absolute Gasteiger partial charge is 0.385 e. The summed E-state index contributed by atoms with van der Waals surface area (Å²) in [6.07, 6.45) is 5.01. The molecule has 0 amide bonds. The smallest absolute Gasteiger partial charge is 0.0375 e. The Kier molecular flexibility index (Phi) is 3.30. The van der Waals surface area contributed by atoms with Crippen molar-refractivity contribution in [3.05, 3.63) is 29.3 Å². The van der Waals surface area contributed by atoms with Gasteiger partial charge < -0.3 is 5.32 Å². The molecule has 0 aliphatic carbocycles. The molecular weight excluding hydrogens is 182 g/mol. The van der Waals surface area contributed by atoms with Crippen molar-refractivity contribution in [1.82, 2.24) is 0 Å². The first kappa shape index (κ1) is 10.5. The maximum absolute atomic E-state index is 3.51. The highest BCUT2D eigenvalue weighted by atomic mass is 14.9. The van der Waals surface area contributed by atoms with Crippen LogP contribution in [-0.4, -0.2) is 6.54 Å². The lowest BCUT2D eigenvalue weighted by atomic mass is 9.91. The van der Waals surface area contributed by atoms with Crippen LogP contribution >= 0.6 is 0 Å². The highest BCUT2D eigenvalue weighted by molar-refractivity contribution is 5.55. The van der Waals surface area contributed by atoms with Crippen LogP contribution in [0.3, 0.4) is 0 Å². The van der Waals surface area contributed by atoms with E-state index in [1.165, 1.54) is 42.5 Å². The Morgan fingerprint density at radius 2 is 2.07 bits per heavy atom. The molecule has 0 saturated carbocycles. The molecule has 0 radical (unpaired) electrons. The Morgan fingerprint density at radius 1 is 1.27 bits per heavy atom. The molecule has 1 aliphatic heterocycles. The summed E-state index contributed by atoms with van der Waals surface area (Å²) in [7, 11) is 0. The van der Waals surface area contributed by atoms with E-state index in [-0.39, 0.29) is 0 Å². The van der Waals surface area contributed by atoms with Gasteiger partial charge in [0, 0.05) is 12.2 Å². The predicted molar refractivity (Wildman–Crippen MR) is 66.6 cm³/mol. The Morgan fingerprint density at radius 3 is 2.80 bits per heavy atom. The molecule has 1 aliphatic rings. The van der Waals surface area contributed by atoms with Crippen LogP contribution < -0.4 is 5.32 Å². The zero-order valence-electron chi connectivity index (χ0n) is 9.84. The van der Waals surface area contributed by atoms with E-state index in [2.05, 4.69) is 37.4 Å². The van der Waals surface area contributed by atoms with Crippen molar-refractivity contribution >= 4 is 5.69 Å². The number of hydrogen-bond acceptors (Lipinski definition) is 1. The molecule has 1 heteroatoms. The number of fused-ring (bicyclic) bond motifs is 1. The first-order chi connectivity index (χ1) is 7.35. The summed E-state index contributed by atoms with van der Waals surface area (Å²) in [6.45, 7) is 5.70. The molecule has 1 aromatic carbocycles. The van der Waals surface area contributed by atoms with Crippen LogP contribution in [-0.2, 0) is 6.42 Å². The molecule has 0 unspecified atom stereocenters. The second-order valence-electron chi connectivity index (χ2n) is 4.46. The van der Waals surface area contributed by atoms with Crippen LogP contribution in [0.25, 0.3) is 0 Å². The maximum Gasteiger partial charge on any atom is 0.0375 e. The molecule has 1 nitrogen and oxygen atoms in total. The van der Waals surface area contributed by atoms with E-state index < -0.39 is 0 Å². The second-order valence-corrected chi connectivity index (χ2v) is 4.46. The average Bonchev–Trinajstić information content (AvgIpc) is 2.30. The van der Waals surface area contributed by atoms with E-state index in [1.54, 1.807) is 0 Å². The summed E-state index contributed by atoms with van der Waals surface area (Å²) in [5.41, 5.74) is 4.38. The van der Waals surface area contributed by atoms with E-state index in [0.717, 1.165) is 12.5 Å². The molecule has 1 aromatic rings. The number of nitrogens with one attached hydrogen (secondary N) is 1. The van der Waals surface area contributed by atoms with Crippen molar-refractivity contribution in [2.45, 2.75) is 45.4 Å². The van der Waals surface area contributed by atoms with Gasteiger partial charge in [-0.2, -0.15) is 0 Å². The summed E-state index contributed by atoms with van der Waals surface area (Å²) in [6, 6.07) is 7.00. The predicted octanol–water partition coefficient (Wildman–Crippen LogP) is 3.95. The molecular formula is C14H21N. The summed E-state index contributed by atoms with van der Waals surface area (Å²) in [5.74, 6) is 0.735. The van der Waals surface area contributed by atoms with Crippen molar-refractivity contribution in [3.63, 3.8) is 0 Å². The lowest BCUT2D eigenvalue weighted by Crippen LogP contribution is -2.12. The first-order valence-electron chi connectivity index (χ1n) is 6.21. The molecule has 0 atom stereocenters. The lowest BCUT2D eigenvalue weighted by Gasteiger charge is -2.21. The average molecular weight is 203 g/mol. The Bertz CT molecular complexity index is 326. The summed E-state index contributed by atoms with van der Waals surface area (Å²) in [5, 5.41) is 3.51. The quantitative estimate of drug-likeness (QED) is 0.784. The highest BCUT2D eigenvalue weighted by Crippen LogP contribution is 2.29. The van der Waals surface area contributed by atoms with Gasteiger partial charge in [0.15, 0.2) is 0 Å². The second kappa shape index (κ2) is 4.69. The summed E-state index contributed by atoms with van der Waals surface area (Å²) >= 11 is 0. The van der Waals surface area contributed by atoms with Crippen LogP contribution in [0.4, 0.5) is 5.69 Å². The molecule has 1 heterocycles. The van der Waals surface area contributed by atoms with Gasteiger partial charge in [0.05, 0.1) is 0 Å². The van der Waals surface area contributed by atoms with E-state index in [4.69, 9.17) is 0 Å². The lowest BCUT2D eigenvalue weighted by molar-refractivity contribution is 0.641. The van der Waals surface area contributed by atoms with Gasteiger partial charge >= 0.3 is 0 Å². The number of aryl methyl sites for hydroxylation is 1. The minimum absolute atomic E-state index is 0.735. The van der Waals surface area contributed by atoms with Crippen molar-refractivity contribution in [2.75, 3.05) is 11.9 Å². The fourth-order valence-electron chi connectivity index (χ4n) is 2.49. The maximum atomic E-state index is 3.51. The van der Waals surface area contributed by atoms with Gasteiger partial charge in [0.25, 0.3) is 0 Å². The molecule has 0 saturated heterocycles. The fourth-order valence-corrected chi connectivity index (χ4v) is 2.49. The number of rotatable bonds is 3. The summed E-state index contributed by atoms with van der Waals surface area (Å²) < 4.78 is 0. The van der Waals surface area contributed by atoms with E-state index >= 15 is 0 Å². The minimum Gasteiger partial charge on any atom is -0.385 e. The van der Waals surface area contributed by atoms with Crippen molar-refractivity contribution in [1.29, 1.82) is 0 Å². The number of benzene rings is 1. The van der Waals surface area contributed by atoms with Crippen molar-refractivity contribution in [2.24, 2.45) is 0 Å². The van der Waals surface area contributed by atoms with Gasteiger partial charge in [-0.1, -0.05) is 26.0 Å². The van der Waals surface area contributed by atoms with Crippen LogP contribution in [0.15, 0.2) is 18.2 Å². The third-order valence-corrected chi connectivity index (χ3v) is 3.53. The Balaban J connectivity index is 2.27. The SMILES string of the molecule is CCC(CC)c1ccc2c(c1)NCCC2. The monoisotopic (exact) mass is 203 g/mol. The van der Waals surface area contributed by atoms with Crippen LogP contribution in [0.1, 0.15) is 50.2 Å². The molecule has 0 spiro atoms. The third kappa shape index (κ3) is 2.17. The fraction of sp³-hybridized carbons (Fsp3) is 0.571. The first-order valence-corrected chi connectivity index (χ1v) is 6.21. The van der Waals surface area contributed by atoms with Gasteiger partial charge in [-0.05, 0) is 48.8 Å². The molecule has 15 heavy (non-hydrogen) atoms. The molecule has 0 bridgehead atoms. The van der Waals surface area contributed by atoms with Gasteiger partial charge in [0.2, 0.25) is 0 Å². The van der Waals surface area contributed by atoms with Gasteiger partial charge in [-0.3, -0.25) is 0 Å². The van der Waals surface area contributed by atoms with Crippen molar-refractivity contribution < 1.29 is 0 Å². The van der Waals surface area contributed by atoms with E-state index in [0.29, 0.717) is 0 Å². The molecule has 2 rings (SSSR count). The molecule has 82 valence electrons. The molecule has 0 fully saturated rings. The Labute approximate surface area is 92.9 Å². The molecule has 0 aromatic heterocycles. The highest BCUT2D eigenvalue weighted by Gasteiger charge is 2.12. The van der Waals surface area contributed by atoms with E-state index in [9.17, 15) is 0 Å². The zero-order chi connectivity index (χ0) is 10.7. The van der Waals surface area contributed by atoms with Gasteiger partial charge in [0.1, 0.15) is 0 Å². The number of anilines is 1. The minimum atomic E-state index is 0.735. The Hall–Kier alpha value is -0.980. The third-order valence-electron chi connectivity index (χ3n) is 3.53. The number of hydrogen-bond donors (Lipinski definition) is 1. The topological polar surface area (TPSA) is 12.0 Å². The zero-order valence-corrected chi connectivity index (χ0v) is 9.84. The van der Waals surface area contributed by atoms with Crippen LogP contribution in [0.2, 0.25) is 0 Å². The van der Waals surface area contributed by atoms with E-state index in [1.807, 2.05) is 0 Å². The van der Waals surface area contributed by atoms with Crippen LogP contribution in [0, 0.1) is 0 Å². The molecule has 1 N–H and O–H groups in total. The standard InChI is InChI=1S/C14H21N/c1-3-11(4-2)13-8-7-12-6-5-9-15-14(12)10-13/h7-8,10-11,15H,3-6,9H2,1-2H3.